The molecule has 1 heterocycles. The molecule has 0 bridgehead atoms. The van der Waals surface area contributed by atoms with E-state index >= 15 is 0 Å². The van der Waals surface area contributed by atoms with E-state index in [1.165, 1.54) is 0 Å². The normalized spacial score (nSPS) is 12.5. The molecule has 2 aromatic rings. The van der Waals surface area contributed by atoms with Crippen molar-refractivity contribution in [3.05, 3.63) is 62.5 Å². The average Bonchev–Trinajstić information content (AvgIpc) is 2.40. The van der Waals surface area contributed by atoms with E-state index < -0.39 is 51.4 Å². The van der Waals surface area contributed by atoms with E-state index in [0.29, 0.717) is 0 Å². The quantitative estimate of drug-likeness (QED) is 0.654. The van der Waals surface area contributed by atoms with Crippen LogP contribution in [0.3, 0.4) is 0 Å². The Kier molecular flexibility index (Phi) is 4.38. The Hall–Kier alpha value is -2.10. The molecule has 0 aliphatic heterocycles. The minimum absolute atomic E-state index is 0.0446. The molecule has 2 nitrogen and oxygen atoms in total. The topological polar surface area (TPSA) is 22.0 Å². The van der Waals surface area contributed by atoms with Crippen LogP contribution in [-0.4, -0.2) is 4.57 Å². The molecule has 130 valence electrons. The van der Waals surface area contributed by atoms with Crippen LogP contribution in [-0.2, 0) is 12.4 Å². The number of halogens is 9. The lowest BCUT2D eigenvalue weighted by Crippen LogP contribution is -2.23. The first-order chi connectivity index (χ1) is 10.8. The predicted molar refractivity (Wildman–Crippen MR) is 67.0 cm³/mol. The lowest BCUT2D eigenvalue weighted by Gasteiger charge is -2.14. The second kappa shape index (κ2) is 5.76. The Morgan fingerprint density at radius 2 is 1.29 bits per heavy atom. The highest BCUT2D eigenvalue weighted by atomic mass is 35.5. The molecule has 0 radical (unpaired) electrons. The highest BCUT2D eigenvalue weighted by molar-refractivity contribution is 6.30. The fraction of sp³-hybridized carbons (Fsp3) is 0.154. The van der Waals surface area contributed by atoms with Crippen LogP contribution in [0.4, 0.5) is 35.1 Å². The van der Waals surface area contributed by atoms with Crippen molar-refractivity contribution >= 4 is 11.6 Å². The van der Waals surface area contributed by atoms with Gasteiger partial charge < -0.3 is 0 Å². The van der Waals surface area contributed by atoms with E-state index in [1.54, 1.807) is 0 Å². The van der Waals surface area contributed by atoms with Crippen LogP contribution >= 0.6 is 11.6 Å². The summed E-state index contributed by atoms with van der Waals surface area (Å²) in [6, 6.07) is -0.0433. The second-order valence-corrected chi connectivity index (χ2v) is 4.94. The van der Waals surface area contributed by atoms with Gasteiger partial charge in [-0.25, -0.2) is 8.78 Å². The van der Waals surface area contributed by atoms with E-state index in [2.05, 4.69) is 0 Å². The number of benzene rings is 1. The van der Waals surface area contributed by atoms with Crippen molar-refractivity contribution in [2.24, 2.45) is 0 Å². The van der Waals surface area contributed by atoms with Crippen LogP contribution in [0.25, 0.3) is 5.69 Å². The third kappa shape index (κ3) is 3.37. The maximum atomic E-state index is 13.8. The molecule has 11 heteroatoms. The Labute approximate surface area is 132 Å². The smallest absolute Gasteiger partial charge is 0.277 e. The van der Waals surface area contributed by atoms with Gasteiger partial charge in [0, 0.05) is 6.20 Å². The van der Waals surface area contributed by atoms with Crippen LogP contribution in [0.5, 0.6) is 0 Å². The summed E-state index contributed by atoms with van der Waals surface area (Å²) in [7, 11) is 0. The Morgan fingerprint density at radius 3 is 1.71 bits per heavy atom. The summed E-state index contributed by atoms with van der Waals surface area (Å²) in [6.07, 6.45) is -10.0. The zero-order valence-corrected chi connectivity index (χ0v) is 11.8. The molecule has 0 fully saturated rings. The van der Waals surface area contributed by atoms with Crippen molar-refractivity contribution in [2.75, 3.05) is 0 Å². The minimum atomic E-state index is -5.09. The summed E-state index contributed by atoms with van der Waals surface area (Å²) in [5.74, 6) is -3.75. The molecule has 0 unspecified atom stereocenters. The van der Waals surface area contributed by atoms with Crippen molar-refractivity contribution < 1.29 is 35.1 Å². The van der Waals surface area contributed by atoms with Gasteiger partial charge in [0.2, 0.25) is 0 Å². The maximum Gasteiger partial charge on any atom is 0.417 e. The van der Waals surface area contributed by atoms with Crippen molar-refractivity contribution in [2.45, 2.75) is 12.4 Å². The van der Waals surface area contributed by atoms with Crippen LogP contribution in [0.1, 0.15) is 11.1 Å². The summed E-state index contributed by atoms with van der Waals surface area (Å²) in [5, 5.41) is -1.01. The molecule has 0 amide bonds. The number of nitrogens with zero attached hydrogens (tertiary/aromatic N) is 1. The van der Waals surface area contributed by atoms with E-state index in [-0.39, 0.29) is 29.0 Å². The molecular formula is C13H4ClF8NO. The van der Waals surface area contributed by atoms with Gasteiger partial charge in [-0.2, -0.15) is 26.3 Å². The highest BCUT2D eigenvalue weighted by Gasteiger charge is 2.35. The molecule has 0 spiro atoms. The number of hydrogen-bond donors (Lipinski definition) is 0. The monoisotopic (exact) mass is 377 g/mol. The van der Waals surface area contributed by atoms with Crippen LogP contribution in [0, 0.1) is 11.6 Å². The van der Waals surface area contributed by atoms with E-state index in [4.69, 9.17) is 11.6 Å². The molecule has 0 aliphatic carbocycles. The first-order valence-corrected chi connectivity index (χ1v) is 6.26. The van der Waals surface area contributed by atoms with Gasteiger partial charge in [-0.05, 0) is 18.2 Å². The van der Waals surface area contributed by atoms with Gasteiger partial charge in [-0.3, -0.25) is 9.36 Å². The molecule has 0 saturated heterocycles. The Balaban J connectivity index is 2.78. The molecule has 1 aromatic carbocycles. The number of hydrogen-bond acceptors (Lipinski definition) is 1. The molecule has 1 aromatic heterocycles. The van der Waals surface area contributed by atoms with Crippen molar-refractivity contribution in [3.63, 3.8) is 0 Å². The first kappa shape index (κ1) is 18.2. The molecule has 24 heavy (non-hydrogen) atoms. The maximum absolute atomic E-state index is 13.8. The summed E-state index contributed by atoms with van der Waals surface area (Å²) < 4.78 is 103. The predicted octanol–water partition coefficient (Wildman–Crippen LogP) is 4.81. The van der Waals surface area contributed by atoms with E-state index in [1.807, 2.05) is 0 Å². The molecular weight excluding hydrogens is 374 g/mol. The lowest BCUT2D eigenvalue weighted by atomic mass is 10.1. The Morgan fingerprint density at radius 1 is 0.833 bits per heavy atom. The van der Waals surface area contributed by atoms with Gasteiger partial charge in [-0.15, -0.1) is 0 Å². The molecule has 0 aliphatic rings. The first-order valence-electron chi connectivity index (χ1n) is 5.88. The standard InChI is InChI=1S/C13H4ClF8NO/c14-7-1-6(13(20,21)22)4-23(11(7)24)10-8(15)2-5(3-9(10)16)12(17,18)19/h1-4H. The number of alkyl halides is 6. The lowest BCUT2D eigenvalue weighted by molar-refractivity contribution is -0.138. The highest BCUT2D eigenvalue weighted by Crippen LogP contribution is 2.34. The van der Waals surface area contributed by atoms with Gasteiger partial charge in [-0.1, -0.05) is 11.6 Å². The largest absolute Gasteiger partial charge is 0.417 e. The Bertz CT molecular complexity index is 830. The summed E-state index contributed by atoms with van der Waals surface area (Å²) in [5.41, 5.74) is -6.04. The third-order valence-electron chi connectivity index (χ3n) is 2.89. The average molecular weight is 378 g/mol. The SMILES string of the molecule is O=c1c(Cl)cc(C(F)(F)F)cn1-c1c(F)cc(C(F)(F)F)cc1F. The van der Waals surface area contributed by atoms with Gasteiger partial charge in [0.15, 0.2) is 11.6 Å². The van der Waals surface area contributed by atoms with Crippen LogP contribution in [0.2, 0.25) is 5.02 Å². The number of rotatable bonds is 1. The summed E-state index contributed by atoms with van der Waals surface area (Å²) >= 11 is 5.33. The number of aromatic nitrogens is 1. The van der Waals surface area contributed by atoms with Crippen molar-refractivity contribution in [3.8, 4) is 5.69 Å². The van der Waals surface area contributed by atoms with Crippen molar-refractivity contribution in [1.29, 1.82) is 0 Å². The van der Waals surface area contributed by atoms with Crippen LogP contribution in [0.15, 0.2) is 29.2 Å². The fourth-order valence-corrected chi connectivity index (χ4v) is 2.04. The van der Waals surface area contributed by atoms with Crippen molar-refractivity contribution in [1.82, 2.24) is 4.57 Å². The molecule has 2 rings (SSSR count). The third-order valence-corrected chi connectivity index (χ3v) is 3.16. The summed E-state index contributed by atoms with van der Waals surface area (Å²) in [4.78, 5) is 11.7. The number of pyridine rings is 1. The van der Waals surface area contributed by atoms with Gasteiger partial charge >= 0.3 is 12.4 Å². The zero-order valence-electron chi connectivity index (χ0n) is 11.1. The minimum Gasteiger partial charge on any atom is -0.277 e. The van der Waals surface area contributed by atoms with Gasteiger partial charge in [0.1, 0.15) is 10.7 Å². The zero-order chi connectivity index (χ0) is 18.4. The van der Waals surface area contributed by atoms with Crippen LogP contribution < -0.4 is 5.56 Å². The molecule has 0 atom stereocenters. The second-order valence-electron chi connectivity index (χ2n) is 4.54. The van der Waals surface area contributed by atoms with Gasteiger partial charge in [0.25, 0.3) is 5.56 Å². The summed E-state index contributed by atoms with van der Waals surface area (Å²) in [6.45, 7) is 0. The molecule has 0 N–H and O–H groups in total. The van der Waals surface area contributed by atoms with Gasteiger partial charge in [0.05, 0.1) is 11.1 Å². The molecule has 0 saturated carbocycles. The van der Waals surface area contributed by atoms with E-state index in [0.717, 1.165) is 0 Å². The fourth-order valence-electron chi connectivity index (χ4n) is 1.83. The van der Waals surface area contributed by atoms with E-state index in [9.17, 15) is 39.9 Å².